The molecule has 0 aliphatic rings. The molecule has 0 fully saturated rings. The molecular formula is C15H19N5. The lowest BCUT2D eigenvalue weighted by atomic mass is 10.3. The molecule has 1 aromatic heterocycles. The van der Waals surface area contributed by atoms with Crippen molar-refractivity contribution >= 4 is 11.6 Å². The van der Waals surface area contributed by atoms with E-state index in [4.69, 9.17) is 5.84 Å². The second kappa shape index (κ2) is 6.68. The Kier molecular flexibility index (Phi) is 4.68. The molecule has 0 aliphatic carbocycles. The summed E-state index contributed by atoms with van der Waals surface area (Å²) < 4.78 is 0. The van der Waals surface area contributed by atoms with Crippen molar-refractivity contribution in [2.75, 3.05) is 7.05 Å². The monoisotopic (exact) mass is 269 g/mol. The Bertz CT molecular complexity index is 580. The van der Waals surface area contributed by atoms with E-state index < -0.39 is 0 Å². The molecule has 104 valence electrons. The van der Waals surface area contributed by atoms with Gasteiger partial charge in [0.15, 0.2) is 0 Å². The number of hydrogen-bond donors (Lipinski definition) is 2. The van der Waals surface area contributed by atoms with Gasteiger partial charge in [-0.05, 0) is 31.2 Å². The number of nitrogens with two attached hydrogens (primary N) is 1. The summed E-state index contributed by atoms with van der Waals surface area (Å²) in [6.45, 7) is 2.61. The largest absolute Gasteiger partial charge is 0.339 e. The molecule has 0 bridgehead atoms. The van der Waals surface area contributed by atoms with Crippen LogP contribution in [0, 0.1) is 6.92 Å². The summed E-state index contributed by atoms with van der Waals surface area (Å²) in [7, 11) is 1.92. The van der Waals surface area contributed by atoms with Gasteiger partial charge < -0.3 is 4.90 Å². The van der Waals surface area contributed by atoms with E-state index in [1.54, 1.807) is 0 Å². The van der Waals surface area contributed by atoms with E-state index in [9.17, 15) is 0 Å². The predicted molar refractivity (Wildman–Crippen MR) is 81.3 cm³/mol. The third-order valence-corrected chi connectivity index (χ3v) is 2.83. The van der Waals surface area contributed by atoms with Crippen molar-refractivity contribution in [1.29, 1.82) is 0 Å². The number of rotatable bonds is 3. The number of aliphatic imine (C=N–C) groups is 1. The SMILES string of the molecule is Cc1cccc(CN(C)C(=Nc2ccccc2)NN)n1. The maximum absolute atomic E-state index is 5.56. The van der Waals surface area contributed by atoms with Crippen molar-refractivity contribution in [3.63, 3.8) is 0 Å². The Hall–Kier alpha value is -2.40. The molecule has 0 unspecified atom stereocenters. The first-order valence-electron chi connectivity index (χ1n) is 6.43. The van der Waals surface area contributed by atoms with Gasteiger partial charge in [0, 0.05) is 12.7 Å². The van der Waals surface area contributed by atoms with E-state index in [1.165, 1.54) is 0 Å². The maximum Gasteiger partial charge on any atom is 0.213 e. The van der Waals surface area contributed by atoms with Crippen LogP contribution in [0.3, 0.4) is 0 Å². The zero-order valence-corrected chi connectivity index (χ0v) is 11.7. The van der Waals surface area contributed by atoms with Gasteiger partial charge in [-0.2, -0.15) is 0 Å². The molecule has 5 nitrogen and oxygen atoms in total. The van der Waals surface area contributed by atoms with Crippen molar-refractivity contribution in [2.24, 2.45) is 10.8 Å². The van der Waals surface area contributed by atoms with Crippen LogP contribution in [0.5, 0.6) is 0 Å². The number of aromatic nitrogens is 1. The normalized spacial score (nSPS) is 11.2. The number of nitrogens with zero attached hydrogens (tertiary/aromatic N) is 3. The molecule has 0 amide bonds. The number of benzene rings is 1. The molecule has 2 aromatic rings. The van der Waals surface area contributed by atoms with E-state index in [0.717, 1.165) is 17.1 Å². The number of para-hydroxylation sites is 1. The lowest BCUT2D eigenvalue weighted by Crippen LogP contribution is -2.42. The number of aryl methyl sites for hydroxylation is 1. The fourth-order valence-corrected chi connectivity index (χ4v) is 1.86. The third-order valence-electron chi connectivity index (χ3n) is 2.83. The third kappa shape index (κ3) is 3.80. The molecule has 1 heterocycles. The molecular weight excluding hydrogens is 250 g/mol. The van der Waals surface area contributed by atoms with Crippen LogP contribution in [-0.2, 0) is 6.54 Å². The van der Waals surface area contributed by atoms with Gasteiger partial charge in [-0.1, -0.05) is 24.3 Å². The van der Waals surface area contributed by atoms with Crippen LogP contribution in [0.1, 0.15) is 11.4 Å². The first-order valence-corrected chi connectivity index (χ1v) is 6.43. The van der Waals surface area contributed by atoms with Gasteiger partial charge in [0.05, 0.1) is 17.9 Å². The Morgan fingerprint density at radius 1 is 1.20 bits per heavy atom. The minimum Gasteiger partial charge on any atom is -0.339 e. The van der Waals surface area contributed by atoms with Gasteiger partial charge in [-0.3, -0.25) is 10.4 Å². The number of pyridine rings is 1. The lowest BCUT2D eigenvalue weighted by Gasteiger charge is -2.20. The van der Waals surface area contributed by atoms with Crippen molar-refractivity contribution in [3.8, 4) is 0 Å². The molecule has 20 heavy (non-hydrogen) atoms. The number of nitrogens with one attached hydrogen (secondary N) is 1. The summed E-state index contributed by atoms with van der Waals surface area (Å²) in [6, 6.07) is 15.6. The fraction of sp³-hybridized carbons (Fsp3) is 0.200. The van der Waals surface area contributed by atoms with Gasteiger partial charge in [0.25, 0.3) is 0 Å². The molecule has 1 aromatic carbocycles. The average Bonchev–Trinajstić information content (AvgIpc) is 2.45. The highest BCUT2D eigenvalue weighted by Gasteiger charge is 2.07. The smallest absolute Gasteiger partial charge is 0.213 e. The van der Waals surface area contributed by atoms with Gasteiger partial charge in [0.2, 0.25) is 5.96 Å². The number of hydrogen-bond acceptors (Lipinski definition) is 3. The Labute approximate surface area is 119 Å². The standard InChI is InChI=1S/C15H19N5/c1-12-7-6-10-14(17-12)11-20(2)15(19-16)18-13-8-4-3-5-9-13/h3-10H,11,16H2,1-2H3,(H,18,19). The van der Waals surface area contributed by atoms with Crippen LogP contribution < -0.4 is 11.3 Å². The topological polar surface area (TPSA) is 66.5 Å². The van der Waals surface area contributed by atoms with Crippen LogP contribution in [-0.4, -0.2) is 22.9 Å². The maximum atomic E-state index is 5.56. The minimum absolute atomic E-state index is 0.597. The summed E-state index contributed by atoms with van der Waals surface area (Å²) >= 11 is 0. The van der Waals surface area contributed by atoms with E-state index in [1.807, 2.05) is 67.4 Å². The quantitative estimate of drug-likeness (QED) is 0.387. The Balaban J connectivity index is 2.13. The molecule has 0 aliphatic heterocycles. The van der Waals surface area contributed by atoms with Crippen LogP contribution >= 0.6 is 0 Å². The van der Waals surface area contributed by atoms with Gasteiger partial charge in [0.1, 0.15) is 0 Å². The summed E-state index contributed by atoms with van der Waals surface area (Å²) in [6.07, 6.45) is 0. The van der Waals surface area contributed by atoms with E-state index in [0.29, 0.717) is 12.5 Å². The Morgan fingerprint density at radius 3 is 2.60 bits per heavy atom. The van der Waals surface area contributed by atoms with Gasteiger partial charge in [-0.25, -0.2) is 10.8 Å². The molecule has 0 saturated carbocycles. The highest BCUT2D eigenvalue weighted by atomic mass is 15.4. The average molecular weight is 269 g/mol. The van der Waals surface area contributed by atoms with Crippen molar-refractivity contribution in [1.82, 2.24) is 15.3 Å². The van der Waals surface area contributed by atoms with E-state index >= 15 is 0 Å². The molecule has 0 saturated heterocycles. The van der Waals surface area contributed by atoms with Crippen molar-refractivity contribution in [2.45, 2.75) is 13.5 Å². The van der Waals surface area contributed by atoms with Crippen LogP contribution in [0.15, 0.2) is 53.5 Å². The van der Waals surface area contributed by atoms with E-state index in [2.05, 4.69) is 15.4 Å². The molecule has 2 rings (SSSR count). The molecule has 0 atom stereocenters. The van der Waals surface area contributed by atoms with Crippen molar-refractivity contribution < 1.29 is 0 Å². The molecule has 0 radical (unpaired) electrons. The summed E-state index contributed by atoms with van der Waals surface area (Å²) in [5.74, 6) is 6.16. The zero-order chi connectivity index (χ0) is 14.4. The fourth-order valence-electron chi connectivity index (χ4n) is 1.86. The Morgan fingerprint density at radius 2 is 1.95 bits per heavy atom. The van der Waals surface area contributed by atoms with E-state index in [-0.39, 0.29) is 0 Å². The summed E-state index contributed by atoms with van der Waals surface area (Å²) in [5, 5.41) is 0. The minimum atomic E-state index is 0.597. The second-order valence-corrected chi connectivity index (χ2v) is 4.54. The zero-order valence-electron chi connectivity index (χ0n) is 11.7. The van der Waals surface area contributed by atoms with Gasteiger partial charge >= 0.3 is 0 Å². The van der Waals surface area contributed by atoms with Gasteiger partial charge in [-0.15, -0.1) is 0 Å². The highest BCUT2D eigenvalue weighted by Crippen LogP contribution is 2.11. The number of guanidine groups is 1. The second-order valence-electron chi connectivity index (χ2n) is 4.54. The number of hydrazine groups is 1. The van der Waals surface area contributed by atoms with Crippen molar-refractivity contribution in [3.05, 3.63) is 59.9 Å². The molecule has 3 N–H and O–H groups in total. The first-order chi connectivity index (χ1) is 9.69. The lowest BCUT2D eigenvalue weighted by molar-refractivity contribution is 0.472. The van der Waals surface area contributed by atoms with Crippen LogP contribution in [0.2, 0.25) is 0 Å². The van der Waals surface area contributed by atoms with Crippen LogP contribution in [0.25, 0.3) is 0 Å². The predicted octanol–water partition coefficient (Wildman–Crippen LogP) is 1.97. The first kappa shape index (κ1) is 14.0. The summed E-state index contributed by atoms with van der Waals surface area (Å²) in [5.41, 5.74) is 5.46. The molecule has 0 spiro atoms. The highest BCUT2D eigenvalue weighted by molar-refractivity contribution is 5.81. The summed E-state index contributed by atoms with van der Waals surface area (Å²) in [4.78, 5) is 10.9. The molecule has 5 heteroatoms. The van der Waals surface area contributed by atoms with Crippen LogP contribution in [0.4, 0.5) is 5.69 Å².